The molecule has 18 heavy (non-hydrogen) atoms. The van der Waals surface area contributed by atoms with Crippen molar-refractivity contribution in [2.45, 2.75) is 6.42 Å². The van der Waals surface area contributed by atoms with Crippen molar-refractivity contribution in [1.29, 1.82) is 0 Å². The number of aromatic nitrogens is 1. The summed E-state index contributed by atoms with van der Waals surface area (Å²) in [5, 5.41) is 0. The lowest BCUT2D eigenvalue weighted by molar-refractivity contribution is 0.555. The van der Waals surface area contributed by atoms with Crippen LogP contribution in [0.1, 0.15) is 11.1 Å². The molecular weight excluding hydrogens is 226 g/mol. The van der Waals surface area contributed by atoms with Gasteiger partial charge in [-0.25, -0.2) is 4.79 Å². The first-order chi connectivity index (χ1) is 8.81. The Hall–Kier alpha value is -2.29. The topological polar surface area (TPSA) is 46.0 Å². The Labute approximate surface area is 104 Å². The molecule has 0 spiro atoms. The fourth-order valence-corrected chi connectivity index (χ4v) is 1.94. The monoisotopic (exact) mass is 238 g/mol. The van der Waals surface area contributed by atoms with Gasteiger partial charge in [0.25, 0.3) is 0 Å². The second kappa shape index (κ2) is 4.53. The van der Waals surface area contributed by atoms with E-state index in [1.54, 1.807) is 0 Å². The number of aromatic amines is 1. The minimum atomic E-state index is -0.408. The standard InChI is InChI=1S/C15H12NO2/c17-15-16-13-9-8-12(10-14(13)18-15)7-6-11-4-2-1-3-5-11/h1-6,8-10H,7H2,(H,16,17). The van der Waals surface area contributed by atoms with Crippen LogP contribution in [0.3, 0.4) is 0 Å². The van der Waals surface area contributed by atoms with Gasteiger partial charge in [-0.3, -0.25) is 4.98 Å². The highest BCUT2D eigenvalue weighted by Crippen LogP contribution is 2.15. The van der Waals surface area contributed by atoms with Crippen molar-refractivity contribution in [3.05, 3.63) is 76.6 Å². The third-order valence-corrected chi connectivity index (χ3v) is 2.86. The van der Waals surface area contributed by atoms with Gasteiger partial charge in [0.15, 0.2) is 5.58 Å². The third-order valence-electron chi connectivity index (χ3n) is 2.86. The van der Waals surface area contributed by atoms with Crippen molar-refractivity contribution in [2.75, 3.05) is 0 Å². The van der Waals surface area contributed by atoms with Crippen molar-refractivity contribution in [2.24, 2.45) is 0 Å². The molecule has 3 rings (SSSR count). The van der Waals surface area contributed by atoms with Gasteiger partial charge in [0.1, 0.15) is 0 Å². The number of hydrogen-bond donors (Lipinski definition) is 1. The fraction of sp³-hybridized carbons (Fsp3) is 0.0667. The quantitative estimate of drug-likeness (QED) is 0.762. The maximum absolute atomic E-state index is 11.0. The molecular formula is C15H12NO2. The molecule has 0 amide bonds. The van der Waals surface area contributed by atoms with E-state index in [1.807, 2.05) is 36.4 Å². The average Bonchev–Trinajstić information content (AvgIpc) is 2.77. The number of hydrogen-bond acceptors (Lipinski definition) is 2. The Morgan fingerprint density at radius 3 is 2.78 bits per heavy atom. The van der Waals surface area contributed by atoms with Gasteiger partial charge in [-0.05, 0) is 36.1 Å². The Kier molecular flexibility index (Phi) is 2.73. The molecule has 0 aliphatic carbocycles. The smallest absolute Gasteiger partial charge is 0.408 e. The van der Waals surface area contributed by atoms with Crippen LogP contribution in [0.5, 0.6) is 0 Å². The van der Waals surface area contributed by atoms with Gasteiger partial charge < -0.3 is 4.42 Å². The van der Waals surface area contributed by atoms with E-state index in [9.17, 15) is 4.79 Å². The van der Waals surface area contributed by atoms with E-state index in [1.165, 1.54) is 5.56 Å². The average molecular weight is 238 g/mol. The Morgan fingerprint density at radius 2 is 1.94 bits per heavy atom. The molecule has 0 bridgehead atoms. The number of rotatable bonds is 3. The van der Waals surface area contributed by atoms with Crippen LogP contribution in [0.2, 0.25) is 0 Å². The molecule has 0 unspecified atom stereocenters. The van der Waals surface area contributed by atoms with Crippen LogP contribution >= 0.6 is 0 Å². The van der Waals surface area contributed by atoms with Gasteiger partial charge >= 0.3 is 5.76 Å². The SMILES string of the molecule is O=c1[nH]c2ccc(C[CH]c3ccccc3)cc2o1. The third kappa shape index (κ3) is 2.20. The molecule has 0 fully saturated rings. The number of H-pyrrole nitrogens is 1. The molecule has 3 aromatic rings. The van der Waals surface area contributed by atoms with Crippen molar-refractivity contribution >= 4 is 11.1 Å². The summed E-state index contributed by atoms with van der Waals surface area (Å²) in [6, 6.07) is 15.9. The molecule has 1 heterocycles. The van der Waals surface area contributed by atoms with E-state index in [4.69, 9.17) is 4.42 Å². The summed E-state index contributed by atoms with van der Waals surface area (Å²) in [4.78, 5) is 13.7. The van der Waals surface area contributed by atoms with Gasteiger partial charge in [0.2, 0.25) is 0 Å². The van der Waals surface area contributed by atoms with Gasteiger partial charge in [-0.15, -0.1) is 0 Å². The predicted octanol–water partition coefficient (Wildman–Crippen LogP) is 2.92. The molecule has 0 saturated heterocycles. The van der Waals surface area contributed by atoms with Crippen LogP contribution in [-0.4, -0.2) is 4.98 Å². The van der Waals surface area contributed by atoms with Crippen molar-refractivity contribution in [3.63, 3.8) is 0 Å². The summed E-state index contributed by atoms with van der Waals surface area (Å²) in [5.74, 6) is -0.408. The van der Waals surface area contributed by atoms with Gasteiger partial charge in [-0.1, -0.05) is 36.4 Å². The molecule has 3 nitrogen and oxygen atoms in total. The molecule has 0 aliphatic heterocycles. The summed E-state index contributed by atoms with van der Waals surface area (Å²) < 4.78 is 5.04. The zero-order valence-corrected chi connectivity index (χ0v) is 9.72. The van der Waals surface area contributed by atoms with Crippen molar-refractivity contribution in [3.8, 4) is 0 Å². The highest BCUT2D eigenvalue weighted by atomic mass is 16.4. The second-order valence-electron chi connectivity index (χ2n) is 4.16. The van der Waals surface area contributed by atoms with Gasteiger partial charge in [-0.2, -0.15) is 0 Å². The highest BCUT2D eigenvalue weighted by molar-refractivity contribution is 5.72. The Balaban J connectivity index is 1.80. The van der Waals surface area contributed by atoms with Crippen LogP contribution < -0.4 is 5.76 Å². The minimum absolute atomic E-state index is 0.408. The molecule has 0 aliphatic rings. The number of nitrogens with one attached hydrogen (secondary N) is 1. The molecule has 0 atom stereocenters. The summed E-state index contributed by atoms with van der Waals surface area (Å²) in [7, 11) is 0. The molecule has 1 radical (unpaired) electrons. The van der Waals surface area contributed by atoms with Gasteiger partial charge in [0, 0.05) is 0 Å². The van der Waals surface area contributed by atoms with E-state index in [0.717, 1.165) is 17.5 Å². The van der Waals surface area contributed by atoms with Crippen molar-refractivity contribution in [1.82, 2.24) is 4.98 Å². The molecule has 2 aromatic carbocycles. The van der Waals surface area contributed by atoms with Crippen molar-refractivity contribution < 1.29 is 4.42 Å². The van der Waals surface area contributed by atoms with E-state index >= 15 is 0 Å². The summed E-state index contributed by atoms with van der Waals surface area (Å²) in [6.45, 7) is 0. The maximum atomic E-state index is 11.0. The van der Waals surface area contributed by atoms with Crippen LogP contribution in [0.15, 0.2) is 57.7 Å². The first-order valence-corrected chi connectivity index (χ1v) is 5.81. The zero-order valence-electron chi connectivity index (χ0n) is 9.72. The van der Waals surface area contributed by atoms with E-state index in [2.05, 4.69) is 23.5 Å². The normalized spacial score (nSPS) is 10.9. The van der Waals surface area contributed by atoms with E-state index in [-0.39, 0.29) is 0 Å². The van der Waals surface area contributed by atoms with Crippen LogP contribution in [0.25, 0.3) is 11.1 Å². The summed E-state index contributed by atoms with van der Waals surface area (Å²) >= 11 is 0. The lowest BCUT2D eigenvalue weighted by Crippen LogP contribution is -1.92. The van der Waals surface area contributed by atoms with Gasteiger partial charge in [0.05, 0.1) is 5.52 Å². The molecule has 89 valence electrons. The largest absolute Gasteiger partial charge is 0.417 e. The molecule has 3 heteroatoms. The number of fused-ring (bicyclic) bond motifs is 1. The van der Waals surface area contributed by atoms with Crippen LogP contribution in [0.4, 0.5) is 0 Å². The highest BCUT2D eigenvalue weighted by Gasteiger charge is 2.02. The lowest BCUT2D eigenvalue weighted by atomic mass is 10.0. The van der Waals surface area contributed by atoms with E-state index < -0.39 is 5.76 Å². The first-order valence-electron chi connectivity index (χ1n) is 5.81. The number of benzene rings is 2. The van der Waals surface area contributed by atoms with Crippen LogP contribution in [0, 0.1) is 6.42 Å². The predicted molar refractivity (Wildman–Crippen MR) is 70.4 cm³/mol. The van der Waals surface area contributed by atoms with E-state index in [0.29, 0.717) is 5.58 Å². The lowest BCUT2D eigenvalue weighted by Gasteiger charge is -2.01. The maximum Gasteiger partial charge on any atom is 0.417 e. The Bertz CT molecular complexity index is 710. The summed E-state index contributed by atoms with van der Waals surface area (Å²) in [6.07, 6.45) is 2.96. The molecule has 1 aromatic heterocycles. The first kappa shape index (κ1) is 10.8. The molecule has 0 saturated carbocycles. The number of oxazole rings is 1. The zero-order chi connectivity index (χ0) is 12.4. The Morgan fingerprint density at radius 1 is 1.11 bits per heavy atom. The summed E-state index contributed by atoms with van der Waals surface area (Å²) in [5.41, 5.74) is 3.66. The minimum Gasteiger partial charge on any atom is -0.408 e. The second-order valence-corrected chi connectivity index (χ2v) is 4.16. The fourth-order valence-electron chi connectivity index (χ4n) is 1.94. The van der Waals surface area contributed by atoms with Crippen LogP contribution in [-0.2, 0) is 6.42 Å². The molecule has 1 N–H and O–H groups in total.